The molecule has 0 bridgehead atoms. The number of nitrogens with zero attached hydrogens (tertiary/aromatic N) is 7. The lowest BCUT2D eigenvalue weighted by molar-refractivity contribution is 0.319. The number of aromatic nitrogens is 7. The van der Waals surface area contributed by atoms with Crippen molar-refractivity contribution in [1.29, 1.82) is 0 Å². The molecule has 1 saturated carbocycles. The summed E-state index contributed by atoms with van der Waals surface area (Å²) in [6, 6.07) is 3.88. The predicted octanol–water partition coefficient (Wildman–Crippen LogP) is 3.56. The number of hydrogen-bond acceptors (Lipinski definition) is 10. The number of anilines is 1. The summed E-state index contributed by atoms with van der Waals surface area (Å²) in [6.07, 6.45) is 10.8. The van der Waals surface area contributed by atoms with E-state index in [0.717, 1.165) is 24.2 Å². The first-order chi connectivity index (χ1) is 18.1. The third-order valence-electron chi connectivity index (χ3n) is 6.61. The zero-order valence-electron chi connectivity index (χ0n) is 21.3. The van der Waals surface area contributed by atoms with Crippen molar-refractivity contribution in [3.8, 4) is 23.1 Å². The van der Waals surface area contributed by atoms with Crippen molar-refractivity contribution in [3.63, 3.8) is 0 Å². The average Bonchev–Trinajstić information content (AvgIpc) is 2.94. The first kappa shape index (κ1) is 24.5. The predicted molar refractivity (Wildman–Crippen MR) is 139 cm³/mol. The molecule has 0 atom stereocenters. The van der Waals surface area contributed by atoms with E-state index < -0.39 is 0 Å². The van der Waals surface area contributed by atoms with E-state index in [2.05, 4.69) is 30.2 Å². The zero-order chi connectivity index (χ0) is 25.8. The van der Waals surface area contributed by atoms with Crippen LogP contribution in [0.25, 0.3) is 22.4 Å². The minimum absolute atomic E-state index is 0.200. The summed E-state index contributed by atoms with van der Waals surface area (Å²) in [7, 11) is 3.03. The van der Waals surface area contributed by atoms with Crippen LogP contribution >= 0.6 is 0 Å². The monoisotopic (exact) mass is 502 g/mol. The number of ether oxygens (including phenoxy) is 2. The molecule has 0 amide bonds. The van der Waals surface area contributed by atoms with E-state index in [1.54, 1.807) is 23.2 Å². The van der Waals surface area contributed by atoms with Crippen molar-refractivity contribution in [2.75, 3.05) is 19.5 Å². The molecule has 0 unspecified atom stereocenters. The van der Waals surface area contributed by atoms with Gasteiger partial charge in [-0.05, 0) is 37.8 Å². The molecule has 4 heterocycles. The van der Waals surface area contributed by atoms with E-state index in [0.29, 0.717) is 47.3 Å². The highest BCUT2D eigenvalue weighted by atomic mass is 16.5. The van der Waals surface area contributed by atoms with E-state index in [4.69, 9.17) is 14.5 Å². The fourth-order valence-electron chi connectivity index (χ4n) is 4.65. The van der Waals surface area contributed by atoms with Gasteiger partial charge >= 0.3 is 6.01 Å². The SMILES string of the molecule is COc1ncc(-c2ccc3nc(NCc4cnc(C)cn4)c(=O)n(CC4CCCCC4)c3n2)c(OC)n1. The van der Waals surface area contributed by atoms with Gasteiger partial charge in [-0.25, -0.2) is 15.0 Å². The summed E-state index contributed by atoms with van der Waals surface area (Å²) >= 11 is 0. The molecular formula is C26H30N8O3. The topological polar surface area (TPSA) is 130 Å². The molecule has 0 radical (unpaired) electrons. The van der Waals surface area contributed by atoms with Gasteiger partial charge in [-0.3, -0.25) is 19.3 Å². The van der Waals surface area contributed by atoms with E-state index in [-0.39, 0.29) is 17.4 Å². The van der Waals surface area contributed by atoms with Crippen LogP contribution in [0.3, 0.4) is 0 Å². The van der Waals surface area contributed by atoms with Crippen LogP contribution in [0.4, 0.5) is 5.82 Å². The second-order valence-corrected chi connectivity index (χ2v) is 9.20. The van der Waals surface area contributed by atoms with Crippen LogP contribution in [0.5, 0.6) is 11.9 Å². The Morgan fingerprint density at radius 3 is 2.54 bits per heavy atom. The van der Waals surface area contributed by atoms with E-state index in [9.17, 15) is 4.79 Å². The van der Waals surface area contributed by atoms with E-state index in [1.807, 2.05) is 19.1 Å². The molecule has 0 saturated heterocycles. The van der Waals surface area contributed by atoms with E-state index >= 15 is 0 Å². The van der Waals surface area contributed by atoms with Gasteiger partial charge in [-0.1, -0.05) is 19.3 Å². The molecule has 1 aliphatic carbocycles. The molecule has 192 valence electrons. The first-order valence-electron chi connectivity index (χ1n) is 12.4. The number of fused-ring (bicyclic) bond motifs is 1. The van der Waals surface area contributed by atoms with Gasteiger partial charge in [0.25, 0.3) is 5.56 Å². The summed E-state index contributed by atoms with van der Waals surface area (Å²) in [5, 5.41) is 3.17. The van der Waals surface area contributed by atoms with Crippen molar-refractivity contribution in [2.24, 2.45) is 5.92 Å². The molecule has 1 aliphatic rings. The van der Waals surface area contributed by atoms with Gasteiger partial charge in [0.2, 0.25) is 5.88 Å². The maximum absolute atomic E-state index is 13.7. The second-order valence-electron chi connectivity index (χ2n) is 9.20. The molecule has 4 aromatic heterocycles. The first-order valence-corrected chi connectivity index (χ1v) is 12.4. The molecule has 4 aromatic rings. The highest BCUT2D eigenvalue weighted by molar-refractivity contribution is 5.77. The van der Waals surface area contributed by atoms with Crippen molar-refractivity contribution in [1.82, 2.24) is 34.5 Å². The normalized spacial score (nSPS) is 14.0. The number of methoxy groups -OCH3 is 2. The van der Waals surface area contributed by atoms with Gasteiger partial charge in [-0.15, -0.1) is 0 Å². The Morgan fingerprint density at radius 2 is 1.81 bits per heavy atom. The maximum Gasteiger partial charge on any atom is 0.319 e. The lowest BCUT2D eigenvalue weighted by atomic mass is 9.89. The molecule has 1 fully saturated rings. The molecule has 0 aliphatic heterocycles. The minimum atomic E-state index is -0.208. The summed E-state index contributed by atoms with van der Waals surface area (Å²) < 4.78 is 12.3. The largest absolute Gasteiger partial charge is 0.480 e. The highest BCUT2D eigenvalue weighted by Gasteiger charge is 2.20. The smallest absolute Gasteiger partial charge is 0.319 e. The molecule has 11 heteroatoms. The molecule has 1 N–H and O–H groups in total. The molecule has 37 heavy (non-hydrogen) atoms. The summed E-state index contributed by atoms with van der Waals surface area (Å²) in [5.74, 6) is 1.02. The number of hydrogen-bond donors (Lipinski definition) is 1. The van der Waals surface area contributed by atoms with Gasteiger partial charge < -0.3 is 14.8 Å². The second kappa shape index (κ2) is 10.9. The van der Waals surface area contributed by atoms with Crippen molar-refractivity contribution in [3.05, 3.63) is 52.5 Å². The zero-order valence-corrected chi connectivity index (χ0v) is 21.3. The number of rotatable bonds is 8. The molecular weight excluding hydrogens is 472 g/mol. The van der Waals surface area contributed by atoms with Crippen molar-refractivity contribution < 1.29 is 9.47 Å². The Balaban J connectivity index is 1.56. The third-order valence-corrected chi connectivity index (χ3v) is 6.61. The lowest BCUT2D eigenvalue weighted by Gasteiger charge is -2.23. The van der Waals surface area contributed by atoms with Gasteiger partial charge in [0.15, 0.2) is 11.5 Å². The minimum Gasteiger partial charge on any atom is -0.480 e. The third kappa shape index (κ3) is 5.35. The number of aryl methyl sites for hydroxylation is 1. The van der Waals surface area contributed by atoms with E-state index in [1.165, 1.54) is 33.5 Å². The van der Waals surface area contributed by atoms with Crippen LogP contribution in [0.2, 0.25) is 0 Å². The van der Waals surface area contributed by atoms with Gasteiger partial charge in [0, 0.05) is 18.9 Å². The molecule has 0 aromatic carbocycles. The Kier molecular flexibility index (Phi) is 7.20. The quantitative estimate of drug-likeness (QED) is 0.382. The standard InChI is InChI=1S/C26H30N8O3/c1-16-11-28-18(12-27-16)13-29-22-25(35)34(15-17-7-5-4-6-8-17)23-21(31-22)10-9-20(32-23)19-14-30-26(37-3)33-24(19)36-2/h9-12,14,17H,4-8,13,15H2,1-3H3,(H,29,31). The van der Waals surface area contributed by atoms with Gasteiger partial charge in [-0.2, -0.15) is 4.98 Å². The molecule has 5 rings (SSSR count). The highest BCUT2D eigenvalue weighted by Crippen LogP contribution is 2.30. The Morgan fingerprint density at radius 1 is 0.973 bits per heavy atom. The summed E-state index contributed by atoms with van der Waals surface area (Å²) in [6.45, 7) is 2.81. The van der Waals surface area contributed by atoms with Crippen LogP contribution < -0.4 is 20.3 Å². The fourth-order valence-corrected chi connectivity index (χ4v) is 4.65. The van der Waals surface area contributed by atoms with Crippen LogP contribution in [0.15, 0.2) is 35.5 Å². The Labute approximate surface area is 214 Å². The fraction of sp³-hybridized carbons (Fsp3) is 0.423. The van der Waals surface area contributed by atoms with Crippen LogP contribution in [0, 0.1) is 12.8 Å². The Hall–Kier alpha value is -4.15. The van der Waals surface area contributed by atoms with Crippen LogP contribution in [-0.2, 0) is 13.1 Å². The summed E-state index contributed by atoms with van der Waals surface area (Å²) in [5.41, 5.74) is 3.68. The van der Waals surface area contributed by atoms with Crippen molar-refractivity contribution in [2.45, 2.75) is 52.1 Å². The van der Waals surface area contributed by atoms with Gasteiger partial charge in [0.05, 0.1) is 49.6 Å². The van der Waals surface area contributed by atoms with Gasteiger partial charge in [0.1, 0.15) is 5.52 Å². The maximum atomic E-state index is 13.7. The lowest BCUT2D eigenvalue weighted by Crippen LogP contribution is -2.29. The van der Waals surface area contributed by atoms with Crippen molar-refractivity contribution >= 4 is 17.0 Å². The number of pyridine rings is 1. The average molecular weight is 503 g/mol. The van der Waals surface area contributed by atoms with Crippen LogP contribution in [0.1, 0.15) is 43.5 Å². The van der Waals surface area contributed by atoms with Crippen LogP contribution in [-0.4, -0.2) is 48.7 Å². The summed E-state index contributed by atoms with van der Waals surface area (Å²) in [4.78, 5) is 40.3. The Bertz CT molecular complexity index is 1450. The molecule has 11 nitrogen and oxygen atoms in total. The number of nitrogens with one attached hydrogen (secondary N) is 1. The molecule has 0 spiro atoms.